The smallest absolute Gasteiger partial charge is 0.178 e. The highest BCUT2D eigenvalue weighted by molar-refractivity contribution is 6.30. The Kier molecular flexibility index (Phi) is 14.0. The molecule has 0 aliphatic carbocycles. The van der Waals surface area contributed by atoms with Gasteiger partial charge in [-0.15, -0.1) is 0 Å². The summed E-state index contributed by atoms with van der Waals surface area (Å²) >= 11 is 0. The van der Waals surface area contributed by atoms with Crippen LogP contribution in [0.25, 0.3) is 211 Å². The van der Waals surface area contributed by atoms with Gasteiger partial charge < -0.3 is 8.80 Å². The number of benzene rings is 13. The molecule has 0 bridgehead atoms. The summed E-state index contributed by atoms with van der Waals surface area (Å²) in [5.74, 6) is 2.51. The lowest BCUT2D eigenvalue weighted by Gasteiger charge is -2.15. The molecule has 22 aromatic rings. The Balaban J connectivity index is 0.000000140. The predicted molar refractivity (Wildman–Crippen MR) is 432 cm³/mol. The van der Waals surface area contributed by atoms with Gasteiger partial charge in [0.25, 0.3) is 0 Å². The molecule has 492 valence electrons. The van der Waals surface area contributed by atoms with Crippen molar-refractivity contribution in [1.82, 2.24) is 53.7 Å². The van der Waals surface area contributed by atoms with Gasteiger partial charge in [0.2, 0.25) is 0 Å². The van der Waals surface area contributed by atoms with E-state index in [2.05, 4.69) is 285 Å². The van der Waals surface area contributed by atoms with Crippen molar-refractivity contribution in [2.45, 2.75) is 0 Å². The monoisotopic (exact) mass is 1350 g/mol. The van der Waals surface area contributed by atoms with Gasteiger partial charge in [-0.25, -0.2) is 39.9 Å². The van der Waals surface area contributed by atoms with Crippen LogP contribution in [0.3, 0.4) is 0 Å². The van der Waals surface area contributed by atoms with Crippen molar-refractivity contribution in [1.29, 1.82) is 0 Å². The highest BCUT2D eigenvalue weighted by Crippen LogP contribution is 2.48. The molecule has 9 aromatic heterocycles. The average molecular weight is 1350 g/mol. The van der Waals surface area contributed by atoms with Gasteiger partial charge in [0.05, 0.1) is 50.2 Å². The van der Waals surface area contributed by atoms with Crippen molar-refractivity contribution >= 4 is 97.7 Å². The number of nitrogens with zero attached hydrogens (tertiary/aromatic N) is 11. The van der Waals surface area contributed by atoms with Gasteiger partial charge in [-0.2, -0.15) is 0 Å². The maximum atomic E-state index is 5.25. The minimum Gasteiger partial charge on any atom is -0.308 e. The molecule has 9 heterocycles. The molecule has 0 saturated carbocycles. The van der Waals surface area contributed by atoms with Gasteiger partial charge in [0.1, 0.15) is 5.69 Å². The summed E-state index contributed by atoms with van der Waals surface area (Å²) in [5, 5.41) is 14.8. The Morgan fingerprint density at radius 1 is 0.208 bits per heavy atom. The second-order valence-electron chi connectivity index (χ2n) is 26.8. The number of para-hydroxylation sites is 2. The normalized spacial score (nSPS) is 11.8. The lowest BCUT2D eigenvalue weighted by atomic mass is 9.90. The first kappa shape index (κ1) is 60.2. The van der Waals surface area contributed by atoms with Gasteiger partial charge in [-0.1, -0.05) is 237 Å². The molecule has 0 atom stereocenters. The van der Waals surface area contributed by atoms with E-state index >= 15 is 0 Å². The second-order valence-corrected chi connectivity index (χ2v) is 26.8. The number of rotatable bonds is 10. The first-order valence-corrected chi connectivity index (χ1v) is 35.5. The van der Waals surface area contributed by atoms with Crippen LogP contribution in [0.15, 0.2) is 347 Å². The molecular formula is C95H57N11. The standard InChI is InChI=1S/C54H33N5.C41H24N6/c1-3-12-34(13-4-1)45-32-39(54-57-46(35-14-5-2-6-15-35)33-47(58-54)36-24-26-38(27-25-36)53-55-30-11-31-56-53)28-29-40(45)41-19-10-23-49-51(41)44-21-9-20-43-42-18-7-16-37-17-8-22-48(50(37)42)59(49)52(43)44;1-2-8-25(9-3-1)29-23-43-41(44-24-29)35-22-34(26-16-18-42-19-17-26)45-40(46-35)28-20-32-30-12-4-5-14-36(30)47-37-15-7-11-27-10-6-13-31(38(27)37)33(21-28)39(32)47/h1-33H;1-24H. The molecule has 0 spiro atoms. The van der Waals surface area contributed by atoms with Crippen molar-refractivity contribution in [2.24, 2.45) is 0 Å². The summed E-state index contributed by atoms with van der Waals surface area (Å²) in [4.78, 5) is 43.4. The molecule has 11 heteroatoms. The van der Waals surface area contributed by atoms with Crippen molar-refractivity contribution in [3.05, 3.63) is 347 Å². The third-order valence-electron chi connectivity index (χ3n) is 20.8. The Morgan fingerprint density at radius 2 is 0.670 bits per heavy atom. The Morgan fingerprint density at radius 3 is 1.35 bits per heavy atom. The fourth-order valence-electron chi connectivity index (χ4n) is 16.0. The maximum Gasteiger partial charge on any atom is 0.178 e. The first-order chi connectivity index (χ1) is 52.6. The zero-order valence-electron chi connectivity index (χ0n) is 56.8. The summed E-state index contributed by atoms with van der Waals surface area (Å²) in [7, 11) is 0. The first-order valence-electron chi connectivity index (χ1n) is 35.5. The van der Waals surface area contributed by atoms with E-state index in [1.54, 1.807) is 24.8 Å². The fraction of sp³-hybridized carbons (Fsp3) is 0. The van der Waals surface area contributed by atoms with E-state index in [0.29, 0.717) is 29.0 Å². The number of pyridine rings is 3. The Hall–Kier alpha value is -14.6. The molecule has 0 fully saturated rings. The third kappa shape index (κ3) is 9.93. The van der Waals surface area contributed by atoms with E-state index in [4.69, 9.17) is 29.9 Å². The zero-order valence-corrected chi connectivity index (χ0v) is 56.8. The molecule has 13 aromatic carbocycles. The van der Waals surface area contributed by atoms with Crippen molar-refractivity contribution < 1.29 is 0 Å². The third-order valence-corrected chi connectivity index (χ3v) is 20.8. The number of aromatic nitrogens is 11. The number of hydrogen-bond acceptors (Lipinski definition) is 9. The second kappa shape index (κ2) is 24.6. The van der Waals surface area contributed by atoms with Gasteiger partial charge in [-0.3, -0.25) is 4.98 Å². The minimum absolute atomic E-state index is 0.543. The fourth-order valence-corrected chi connectivity index (χ4v) is 16.0. The summed E-state index contributed by atoms with van der Waals surface area (Å²) in [6.45, 7) is 0. The van der Waals surface area contributed by atoms with E-state index in [1.165, 1.54) is 103 Å². The highest BCUT2D eigenvalue weighted by Gasteiger charge is 2.25. The SMILES string of the molecule is c1ccc(-c2cc(-c3ccc(-c4ncccn4)cc3)nc(-c3ccc(-c4cccc5c4c4cccc6c7cccc8cccc(c87)n5c64)c(-c4ccccc4)c3)n2)cc1.c1ccc(-c2cnc(-c3cc(-c4ccncc4)nc(-c4cc5c6cccc7cccc(c76)n6c7ccccc7c(c4)c56)n3)nc2)cc1. The molecule has 0 aliphatic heterocycles. The lowest BCUT2D eigenvalue weighted by Crippen LogP contribution is -1.99. The molecule has 106 heavy (non-hydrogen) atoms. The van der Waals surface area contributed by atoms with Crippen LogP contribution in [0.1, 0.15) is 0 Å². The predicted octanol–water partition coefficient (Wildman–Crippen LogP) is 23.2. The molecule has 0 N–H and O–H groups in total. The van der Waals surface area contributed by atoms with E-state index in [1.807, 2.05) is 60.9 Å². The van der Waals surface area contributed by atoms with Gasteiger partial charge in [0.15, 0.2) is 23.3 Å². The van der Waals surface area contributed by atoms with Crippen LogP contribution in [-0.2, 0) is 0 Å². The lowest BCUT2D eigenvalue weighted by molar-refractivity contribution is 1.11. The molecule has 0 aliphatic rings. The van der Waals surface area contributed by atoms with Crippen molar-refractivity contribution in [2.75, 3.05) is 0 Å². The van der Waals surface area contributed by atoms with Gasteiger partial charge in [-0.05, 0) is 122 Å². The van der Waals surface area contributed by atoms with E-state index in [-0.39, 0.29) is 0 Å². The average Bonchev–Trinajstić information content (AvgIpc) is 1.53. The van der Waals surface area contributed by atoms with Crippen LogP contribution >= 0.6 is 0 Å². The van der Waals surface area contributed by atoms with Crippen LogP contribution in [0.2, 0.25) is 0 Å². The molecule has 0 unspecified atom stereocenters. The Labute approximate surface area is 607 Å². The number of hydrogen-bond donors (Lipinski definition) is 0. The number of fused-ring (bicyclic) bond motifs is 10. The summed E-state index contributed by atoms with van der Waals surface area (Å²) in [6.07, 6.45) is 10.8. The van der Waals surface area contributed by atoms with Gasteiger partial charge >= 0.3 is 0 Å². The van der Waals surface area contributed by atoms with E-state index in [0.717, 1.165) is 78.3 Å². The molecule has 0 amide bonds. The van der Waals surface area contributed by atoms with Gasteiger partial charge in [0, 0.05) is 119 Å². The molecule has 22 rings (SSSR count). The minimum atomic E-state index is 0.543. The molecule has 11 nitrogen and oxygen atoms in total. The topological polar surface area (TPSA) is 125 Å². The van der Waals surface area contributed by atoms with Crippen LogP contribution < -0.4 is 0 Å². The van der Waals surface area contributed by atoms with Crippen molar-refractivity contribution in [3.63, 3.8) is 0 Å². The van der Waals surface area contributed by atoms with E-state index < -0.39 is 0 Å². The maximum absolute atomic E-state index is 5.25. The summed E-state index contributed by atoms with van der Waals surface area (Å²) in [5.41, 5.74) is 22.8. The van der Waals surface area contributed by atoms with Crippen molar-refractivity contribution in [3.8, 4) is 113 Å². The molecular weight excluding hydrogens is 1300 g/mol. The Bertz CT molecular complexity index is 7140. The summed E-state index contributed by atoms with van der Waals surface area (Å²) in [6, 6.07) is 109. The van der Waals surface area contributed by atoms with Crippen LogP contribution in [-0.4, -0.2) is 53.7 Å². The molecule has 0 saturated heterocycles. The zero-order chi connectivity index (χ0) is 69.8. The highest BCUT2D eigenvalue weighted by atomic mass is 15.0. The van der Waals surface area contributed by atoms with Crippen LogP contribution in [0.4, 0.5) is 0 Å². The van der Waals surface area contributed by atoms with E-state index in [9.17, 15) is 0 Å². The van der Waals surface area contributed by atoms with Crippen LogP contribution in [0, 0.1) is 0 Å². The molecule has 0 radical (unpaired) electrons. The summed E-state index contributed by atoms with van der Waals surface area (Å²) < 4.78 is 4.90. The largest absolute Gasteiger partial charge is 0.308 e. The quantitative estimate of drug-likeness (QED) is 0.0972. The van der Waals surface area contributed by atoms with Crippen LogP contribution in [0.5, 0.6) is 0 Å².